The van der Waals surface area contributed by atoms with Gasteiger partial charge in [-0.3, -0.25) is 0 Å². The standard InChI is InChI=1S/C13H18FN/c1-3-10-7-11(9-12(14)8-10)13(2)5-4-6-15-13/h7-9,15H,3-6H2,1-2H3. The zero-order valence-electron chi connectivity index (χ0n) is 9.44. The van der Waals surface area contributed by atoms with Gasteiger partial charge in [0, 0.05) is 5.54 Å². The summed E-state index contributed by atoms with van der Waals surface area (Å²) < 4.78 is 13.4. The van der Waals surface area contributed by atoms with E-state index in [1.807, 2.05) is 0 Å². The van der Waals surface area contributed by atoms with E-state index in [0.29, 0.717) is 0 Å². The maximum absolute atomic E-state index is 13.4. The summed E-state index contributed by atoms with van der Waals surface area (Å²) in [5, 5.41) is 3.46. The molecule has 0 radical (unpaired) electrons. The molecule has 1 aromatic rings. The van der Waals surface area contributed by atoms with Crippen molar-refractivity contribution in [3.63, 3.8) is 0 Å². The van der Waals surface area contributed by atoms with Crippen LogP contribution in [0.25, 0.3) is 0 Å². The van der Waals surface area contributed by atoms with Crippen LogP contribution in [0.2, 0.25) is 0 Å². The molecule has 0 aromatic heterocycles. The summed E-state index contributed by atoms with van der Waals surface area (Å²) in [7, 11) is 0. The van der Waals surface area contributed by atoms with Gasteiger partial charge >= 0.3 is 0 Å². The molecule has 0 saturated carbocycles. The van der Waals surface area contributed by atoms with Gasteiger partial charge in [-0.05, 0) is 56.0 Å². The van der Waals surface area contributed by atoms with Crippen molar-refractivity contribution in [3.05, 3.63) is 35.1 Å². The Balaban J connectivity index is 2.38. The van der Waals surface area contributed by atoms with Gasteiger partial charge < -0.3 is 5.32 Å². The Morgan fingerprint density at radius 2 is 2.20 bits per heavy atom. The summed E-state index contributed by atoms with van der Waals surface area (Å²) in [5.74, 6) is -0.112. The molecule has 1 unspecified atom stereocenters. The Bertz CT molecular complexity index is 354. The van der Waals surface area contributed by atoms with Crippen molar-refractivity contribution < 1.29 is 4.39 Å². The van der Waals surface area contributed by atoms with Crippen LogP contribution in [-0.4, -0.2) is 6.54 Å². The van der Waals surface area contributed by atoms with Crippen molar-refractivity contribution in [2.75, 3.05) is 6.54 Å². The average molecular weight is 207 g/mol. The van der Waals surface area contributed by atoms with Crippen LogP contribution in [0.5, 0.6) is 0 Å². The molecule has 1 aliphatic heterocycles. The predicted molar refractivity (Wildman–Crippen MR) is 60.4 cm³/mol. The summed E-state index contributed by atoms with van der Waals surface area (Å²) in [6.45, 7) is 5.26. The second-order valence-electron chi connectivity index (χ2n) is 4.56. The molecule has 82 valence electrons. The van der Waals surface area contributed by atoms with Crippen molar-refractivity contribution in [2.45, 2.75) is 38.6 Å². The first kappa shape index (κ1) is 10.6. The molecule has 0 aliphatic carbocycles. The van der Waals surface area contributed by atoms with E-state index in [2.05, 4.69) is 25.2 Å². The van der Waals surface area contributed by atoms with Crippen LogP contribution in [0.3, 0.4) is 0 Å². The number of nitrogens with one attached hydrogen (secondary N) is 1. The maximum Gasteiger partial charge on any atom is 0.123 e. The molecule has 1 heterocycles. The van der Waals surface area contributed by atoms with Crippen molar-refractivity contribution in [1.29, 1.82) is 0 Å². The lowest BCUT2D eigenvalue weighted by Gasteiger charge is -2.25. The van der Waals surface area contributed by atoms with Gasteiger partial charge in [0.1, 0.15) is 5.82 Å². The highest BCUT2D eigenvalue weighted by molar-refractivity contribution is 5.31. The lowest BCUT2D eigenvalue weighted by Crippen LogP contribution is -2.33. The zero-order valence-corrected chi connectivity index (χ0v) is 9.44. The number of hydrogen-bond acceptors (Lipinski definition) is 1. The molecule has 0 amide bonds. The highest BCUT2D eigenvalue weighted by Crippen LogP contribution is 2.31. The quantitative estimate of drug-likeness (QED) is 0.786. The Morgan fingerprint density at radius 3 is 2.80 bits per heavy atom. The van der Waals surface area contributed by atoms with Crippen LogP contribution in [0.4, 0.5) is 4.39 Å². The molecule has 1 N–H and O–H groups in total. The predicted octanol–water partition coefficient (Wildman–Crippen LogP) is 2.99. The highest BCUT2D eigenvalue weighted by atomic mass is 19.1. The second-order valence-corrected chi connectivity index (χ2v) is 4.56. The fraction of sp³-hybridized carbons (Fsp3) is 0.538. The van der Waals surface area contributed by atoms with E-state index in [-0.39, 0.29) is 11.4 Å². The summed E-state index contributed by atoms with van der Waals surface area (Å²) in [6.07, 6.45) is 3.16. The van der Waals surface area contributed by atoms with Crippen LogP contribution in [0.15, 0.2) is 18.2 Å². The Kier molecular flexibility index (Phi) is 2.79. The van der Waals surface area contributed by atoms with E-state index >= 15 is 0 Å². The SMILES string of the molecule is CCc1cc(F)cc(C2(C)CCCN2)c1. The molecule has 2 rings (SSSR count). The van der Waals surface area contributed by atoms with Crippen LogP contribution < -0.4 is 5.32 Å². The normalized spacial score (nSPS) is 25.8. The van der Waals surface area contributed by atoms with Gasteiger partial charge in [0.15, 0.2) is 0 Å². The lowest BCUT2D eigenvalue weighted by atomic mass is 9.89. The van der Waals surface area contributed by atoms with E-state index in [4.69, 9.17) is 0 Å². The minimum atomic E-state index is -0.112. The van der Waals surface area contributed by atoms with E-state index in [1.165, 1.54) is 6.42 Å². The number of aryl methyl sites for hydroxylation is 1. The smallest absolute Gasteiger partial charge is 0.123 e. The van der Waals surface area contributed by atoms with Gasteiger partial charge in [-0.25, -0.2) is 4.39 Å². The minimum Gasteiger partial charge on any atom is -0.308 e. The monoisotopic (exact) mass is 207 g/mol. The van der Waals surface area contributed by atoms with Gasteiger partial charge in [0.25, 0.3) is 0 Å². The molecular formula is C13H18FN. The van der Waals surface area contributed by atoms with Gasteiger partial charge in [0.05, 0.1) is 0 Å². The first-order valence-electron chi connectivity index (χ1n) is 5.69. The topological polar surface area (TPSA) is 12.0 Å². The molecular weight excluding hydrogens is 189 g/mol. The third-order valence-corrected chi connectivity index (χ3v) is 3.37. The molecule has 1 atom stereocenters. The van der Waals surface area contributed by atoms with Gasteiger partial charge in [0.2, 0.25) is 0 Å². The van der Waals surface area contributed by atoms with E-state index in [0.717, 1.165) is 30.5 Å². The fourth-order valence-corrected chi connectivity index (χ4v) is 2.31. The molecule has 0 spiro atoms. The van der Waals surface area contributed by atoms with Crippen molar-refractivity contribution >= 4 is 0 Å². The molecule has 1 saturated heterocycles. The fourth-order valence-electron chi connectivity index (χ4n) is 2.31. The van der Waals surface area contributed by atoms with Gasteiger partial charge in [-0.1, -0.05) is 13.0 Å². The van der Waals surface area contributed by atoms with E-state index < -0.39 is 0 Å². The van der Waals surface area contributed by atoms with Crippen LogP contribution in [-0.2, 0) is 12.0 Å². The first-order chi connectivity index (χ1) is 7.14. The summed E-state index contributed by atoms with van der Waals surface area (Å²) in [4.78, 5) is 0. The molecule has 1 nitrogen and oxygen atoms in total. The summed E-state index contributed by atoms with van der Waals surface area (Å²) >= 11 is 0. The zero-order chi connectivity index (χ0) is 10.9. The summed E-state index contributed by atoms with van der Waals surface area (Å²) in [5.41, 5.74) is 2.16. The molecule has 15 heavy (non-hydrogen) atoms. The molecule has 1 aromatic carbocycles. The van der Waals surface area contributed by atoms with Crippen LogP contribution in [0, 0.1) is 5.82 Å². The third kappa shape index (κ3) is 2.05. The van der Waals surface area contributed by atoms with Gasteiger partial charge in [-0.2, -0.15) is 0 Å². The van der Waals surface area contributed by atoms with Crippen molar-refractivity contribution in [2.24, 2.45) is 0 Å². The second kappa shape index (κ2) is 3.93. The van der Waals surface area contributed by atoms with Crippen molar-refractivity contribution in [3.8, 4) is 0 Å². The van der Waals surface area contributed by atoms with E-state index in [1.54, 1.807) is 12.1 Å². The maximum atomic E-state index is 13.4. The molecule has 1 aliphatic rings. The first-order valence-corrected chi connectivity index (χ1v) is 5.69. The third-order valence-electron chi connectivity index (χ3n) is 3.37. The largest absolute Gasteiger partial charge is 0.308 e. The van der Waals surface area contributed by atoms with Gasteiger partial charge in [-0.15, -0.1) is 0 Å². The molecule has 0 bridgehead atoms. The average Bonchev–Trinajstić information content (AvgIpc) is 2.65. The summed E-state index contributed by atoms with van der Waals surface area (Å²) in [6, 6.07) is 5.42. The molecule has 2 heteroatoms. The Hall–Kier alpha value is -0.890. The number of benzene rings is 1. The lowest BCUT2D eigenvalue weighted by molar-refractivity contribution is 0.431. The minimum absolute atomic E-state index is 0.0218. The van der Waals surface area contributed by atoms with Crippen LogP contribution >= 0.6 is 0 Å². The highest BCUT2D eigenvalue weighted by Gasteiger charge is 2.30. The number of hydrogen-bond donors (Lipinski definition) is 1. The number of rotatable bonds is 2. The molecule has 1 fully saturated rings. The Morgan fingerprint density at radius 1 is 1.40 bits per heavy atom. The van der Waals surface area contributed by atoms with Crippen molar-refractivity contribution in [1.82, 2.24) is 5.32 Å². The van der Waals surface area contributed by atoms with E-state index in [9.17, 15) is 4.39 Å². The number of halogens is 1. The Labute approximate surface area is 90.7 Å². The van der Waals surface area contributed by atoms with Crippen LogP contribution in [0.1, 0.15) is 37.8 Å².